The van der Waals surface area contributed by atoms with Gasteiger partial charge in [0.05, 0.1) is 27.9 Å². The third-order valence-electron chi connectivity index (χ3n) is 3.10. The number of rotatable bonds is 7. The molecule has 2 N–H and O–H groups in total. The molecule has 1 heterocycles. The molecule has 0 unspecified atom stereocenters. The van der Waals surface area contributed by atoms with E-state index < -0.39 is 5.97 Å². The predicted molar refractivity (Wildman–Crippen MR) is 86.3 cm³/mol. The number of ether oxygens (including phenoxy) is 3. The van der Waals surface area contributed by atoms with Gasteiger partial charge in [-0.1, -0.05) is 0 Å². The molecule has 0 atom stereocenters. The first-order chi connectivity index (χ1) is 11.5. The van der Waals surface area contributed by atoms with E-state index in [0.29, 0.717) is 27.8 Å². The molecule has 0 radical (unpaired) electrons. The van der Waals surface area contributed by atoms with Crippen LogP contribution in [0, 0.1) is 0 Å². The van der Waals surface area contributed by atoms with Gasteiger partial charge in [0.15, 0.2) is 17.2 Å². The summed E-state index contributed by atoms with van der Waals surface area (Å²) in [6, 6.07) is 3.06. The molecule has 0 saturated carbocycles. The Labute approximate surface area is 142 Å². The molecule has 0 aliphatic carbocycles. The van der Waals surface area contributed by atoms with E-state index in [0.717, 1.165) is 11.3 Å². The van der Waals surface area contributed by atoms with E-state index in [1.807, 2.05) is 0 Å². The molecule has 1 amide bonds. The molecule has 0 fully saturated rings. The molecule has 0 bridgehead atoms. The number of amides is 1. The molecular weight excluding hydrogens is 336 g/mol. The highest BCUT2D eigenvalue weighted by molar-refractivity contribution is 7.09. The number of methoxy groups -OCH3 is 3. The van der Waals surface area contributed by atoms with Crippen molar-refractivity contribution in [2.75, 3.05) is 21.3 Å². The van der Waals surface area contributed by atoms with Gasteiger partial charge in [-0.15, -0.1) is 11.3 Å². The standard InChI is InChI=1S/C15H16N2O6S/c1-21-10-4-8(5-11(22-2)13(10)23-3)14(18)16-6-12-17-9(7-24-12)15(19)20/h4-5,7H,6H2,1-3H3,(H,16,18)(H,19,20). The molecule has 0 aliphatic heterocycles. The Morgan fingerprint density at radius 2 is 1.79 bits per heavy atom. The van der Waals surface area contributed by atoms with Crippen LogP contribution in [-0.4, -0.2) is 43.3 Å². The number of benzene rings is 1. The number of aromatic nitrogens is 1. The fourth-order valence-corrected chi connectivity index (χ4v) is 2.67. The van der Waals surface area contributed by atoms with Crippen LogP contribution in [-0.2, 0) is 6.54 Å². The van der Waals surface area contributed by atoms with Crippen molar-refractivity contribution in [2.24, 2.45) is 0 Å². The molecule has 2 rings (SSSR count). The lowest BCUT2D eigenvalue weighted by Gasteiger charge is -2.13. The maximum absolute atomic E-state index is 12.3. The summed E-state index contributed by atoms with van der Waals surface area (Å²) in [6.45, 7) is 0.118. The molecule has 9 heteroatoms. The van der Waals surface area contributed by atoms with E-state index in [1.165, 1.54) is 38.8 Å². The second-order valence-electron chi connectivity index (χ2n) is 4.53. The van der Waals surface area contributed by atoms with Crippen molar-refractivity contribution in [3.05, 3.63) is 33.8 Å². The van der Waals surface area contributed by atoms with Crippen molar-refractivity contribution in [1.82, 2.24) is 10.3 Å². The summed E-state index contributed by atoms with van der Waals surface area (Å²) in [5.74, 6) is -0.355. The number of hydrogen-bond acceptors (Lipinski definition) is 7. The number of carboxylic acid groups (broad SMARTS) is 1. The lowest BCUT2D eigenvalue weighted by Crippen LogP contribution is -2.23. The van der Waals surface area contributed by atoms with Gasteiger partial charge in [-0.05, 0) is 12.1 Å². The van der Waals surface area contributed by atoms with Crippen LogP contribution >= 0.6 is 11.3 Å². The first kappa shape index (κ1) is 17.5. The molecule has 0 saturated heterocycles. The normalized spacial score (nSPS) is 10.1. The summed E-state index contributed by atoms with van der Waals surface area (Å²) in [5, 5.41) is 13.4. The SMILES string of the molecule is COc1cc(C(=O)NCc2nc(C(=O)O)cs2)cc(OC)c1OC. The van der Waals surface area contributed by atoms with Crippen molar-refractivity contribution < 1.29 is 28.9 Å². The molecule has 8 nitrogen and oxygen atoms in total. The lowest BCUT2D eigenvalue weighted by atomic mass is 10.1. The molecular formula is C15H16N2O6S. The maximum Gasteiger partial charge on any atom is 0.355 e. The Bertz CT molecular complexity index is 733. The Kier molecular flexibility index (Phi) is 5.59. The predicted octanol–water partition coefficient (Wildman–Crippen LogP) is 1.80. The molecule has 128 valence electrons. The van der Waals surface area contributed by atoms with Gasteiger partial charge in [0.2, 0.25) is 5.75 Å². The lowest BCUT2D eigenvalue weighted by molar-refractivity contribution is 0.0691. The van der Waals surface area contributed by atoms with Crippen molar-refractivity contribution >= 4 is 23.2 Å². The number of aromatic carboxylic acids is 1. The zero-order valence-corrected chi connectivity index (χ0v) is 14.1. The van der Waals surface area contributed by atoms with E-state index in [-0.39, 0.29) is 18.1 Å². The summed E-state index contributed by atoms with van der Waals surface area (Å²) >= 11 is 1.16. The average molecular weight is 352 g/mol. The van der Waals surface area contributed by atoms with Gasteiger partial charge >= 0.3 is 5.97 Å². The Balaban J connectivity index is 2.15. The highest BCUT2D eigenvalue weighted by Gasteiger charge is 2.17. The van der Waals surface area contributed by atoms with E-state index in [9.17, 15) is 9.59 Å². The van der Waals surface area contributed by atoms with Crippen molar-refractivity contribution in [3.8, 4) is 17.2 Å². The first-order valence-corrected chi connectivity index (χ1v) is 7.64. The third-order valence-corrected chi connectivity index (χ3v) is 3.95. The van der Waals surface area contributed by atoms with Gasteiger partial charge in [0, 0.05) is 10.9 Å². The number of hydrogen-bond donors (Lipinski definition) is 2. The highest BCUT2D eigenvalue weighted by Crippen LogP contribution is 2.38. The van der Waals surface area contributed by atoms with Crippen LogP contribution < -0.4 is 19.5 Å². The van der Waals surface area contributed by atoms with Crippen LogP contribution in [0.15, 0.2) is 17.5 Å². The zero-order chi connectivity index (χ0) is 17.7. The number of carboxylic acids is 1. The summed E-state index contributed by atoms with van der Waals surface area (Å²) in [4.78, 5) is 27.0. The molecule has 0 aliphatic rings. The van der Waals surface area contributed by atoms with Crippen LogP contribution in [0.1, 0.15) is 25.9 Å². The van der Waals surface area contributed by atoms with Gasteiger partial charge in [0.25, 0.3) is 5.91 Å². The summed E-state index contributed by atoms with van der Waals surface area (Å²) in [6.07, 6.45) is 0. The number of carbonyl (C=O) groups excluding carboxylic acids is 1. The minimum Gasteiger partial charge on any atom is -0.493 e. The van der Waals surface area contributed by atoms with E-state index in [1.54, 1.807) is 0 Å². The fraction of sp³-hybridized carbons (Fsp3) is 0.267. The minimum absolute atomic E-state index is 0.0444. The van der Waals surface area contributed by atoms with E-state index >= 15 is 0 Å². The fourth-order valence-electron chi connectivity index (χ4n) is 1.96. The number of nitrogens with zero attached hydrogens (tertiary/aromatic N) is 1. The summed E-state index contributed by atoms with van der Waals surface area (Å²) in [5.41, 5.74) is 0.275. The van der Waals surface area contributed by atoms with Crippen molar-refractivity contribution in [3.63, 3.8) is 0 Å². The second kappa shape index (κ2) is 7.64. The Hall–Kier alpha value is -2.81. The van der Waals surface area contributed by atoms with Gasteiger partial charge in [0.1, 0.15) is 5.01 Å². The largest absolute Gasteiger partial charge is 0.493 e. The maximum atomic E-state index is 12.3. The van der Waals surface area contributed by atoms with Crippen LogP contribution in [0.2, 0.25) is 0 Å². The number of carbonyl (C=O) groups is 2. The molecule has 1 aromatic heterocycles. The van der Waals surface area contributed by atoms with Crippen LogP contribution in [0.25, 0.3) is 0 Å². The number of nitrogens with one attached hydrogen (secondary N) is 1. The topological polar surface area (TPSA) is 107 Å². The van der Waals surface area contributed by atoms with Crippen LogP contribution in [0.4, 0.5) is 0 Å². The molecule has 1 aromatic carbocycles. The average Bonchev–Trinajstić information content (AvgIpc) is 3.07. The molecule has 24 heavy (non-hydrogen) atoms. The van der Waals surface area contributed by atoms with E-state index in [2.05, 4.69) is 10.3 Å². The Morgan fingerprint density at radius 1 is 1.17 bits per heavy atom. The van der Waals surface area contributed by atoms with Gasteiger partial charge in [-0.2, -0.15) is 0 Å². The smallest absolute Gasteiger partial charge is 0.355 e. The second-order valence-corrected chi connectivity index (χ2v) is 5.47. The summed E-state index contributed by atoms with van der Waals surface area (Å²) < 4.78 is 15.6. The van der Waals surface area contributed by atoms with Crippen molar-refractivity contribution in [1.29, 1.82) is 0 Å². The quantitative estimate of drug-likeness (QED) is 0.782. The molecule has 0 spiro atoms. The van der Waals surface area contributed by atoms with Gasteiger partial charge in [-0.3, -0.25) is 4.79 Å². The minimum atomic E-state index is -1.10. The third kappa shape index (κ3) is 3.74. The first-order valence-electron chi connectivity index (χ1n) is 6.76. The number of thiazole rings is 1. The Morgan fingerprint density at radius 3 is 2.25 bits per heavy atom. The van der Waals surface area contributed by atoms with Crippen LogP contribution in [0.3, 0.4) is 0 Å². The zero-order valence-electron chi connectivity index (χ0n) is 13.3. The highest BCUT2D eigenvalue weighted by atomic mass is 32.1. The van der Waals surface area contributed by atoms with Gasteiger partial charge in [-0.25, -0.2) is 9.78 Å². The van der Waals surface area contributed by atoms with Gasteiger partial charge < -0.3 is 24.6 Å². The van der Waals surface area contributed by atoms with Crippen LogP contribution in [0.5, 0.6) is 17.2 Å². The molecule has 2 aromatic rings. The monoisotopic (exact) mass is 352 g/mol. The summed E-state index contributed by atoms with van der Waals surface area (Å²) in [7, 11) is 4.40. The van der Waals surface area contributed by atoms with Crippen molar-refractivity contribution in [2.45, 2.75) is 6.54 Å². The van der Waals surface area contributed by atoms with E-state index in [4.69, 9.17) is 19.3 Å².